The fourth-order valence-electron chi connectivity index (χ4n) is 3.16. The summed E-state index contributed by atoms with van der Waals surface area (Å²) in [5, 5.41) is 9.22. The lowest BCUT2D eigenvalue weighted by Gasteiger charge is -2.33. The lowest BCUT2D eigenvalue weighted by atomic mass is 9.97. The molecule has 0 atom stereocenters. The fourth-order valence-corrected chi connectivity index (χ4v) is 4.32. The lowest BCUT2D eigenvalue weighted by molar-refractivity contribution is 0.400. The molecule has 1 aromatic heterocycles. The summed E-state index contributed by atoms with van der Waals surface area (Å²) < 4.78 is 32.8. The van der Waals surface area contributed by atoms with Crippen LogP contribution in [0.2, 0.25) is 0 Å². The first kappa shape index (κ1) is 19.1. The number of methoxy groups -OCH3 is 1. The third-order valence-corrected chi connectivity index (χ3v) is 6.16. The van der Waals surface area contributed by atoms with E-state index in [1.165, 1.54) is 13.2 Å². The summed E-state index contributed by atoms with van der Waals surface area (Å²) in [6.45, 7) is 1.88. The van der Waals surface area contributed by atoms with E-state index < -0.39 is 10.0 Å². The van der Waals surface area contributed by atoms with E-state index in [0.29, 0.717) is 23.7 Å². The van der Waals surface area contributed by atoms with Gasteiger partial charge in [-0.05, 0) is 43.0 Å². The number of nitrogens with one attached hydrogen (secondary N) is 1. The van der Waals surface area contributed by atoms with Crippen LogP contribution in [-0.4, -0.2) is 40.1 Å². The van der Waals surface area contributed by atoms with Gasteiger partial charge < -0.3 is 9.64 Å². The highest BCUT2D eigenvalue weighted by Crippen LogP contribution is 2.24. The minimum absolute atomic E-state index is 0.200. The Bertz CT molecular complexity index is 932. The highest BCUT2D eigenvalue weighted by Gasteiger charge is 2.24. The number of benzene rings is 1. The molecule has 0 amide bonds. The third-order valence-electron chi connectivity index (χ3n) is 4.73. The largest absolute Gasteiger partial charge is 0.497 e. The van der Waals surface area contributed by atoms with Crippen LogP contribution in [0.4, 0.5) is 5.82 Å². The molecular formula is C19H22N4O3S. The second-order valence-electron chi connectivity index (χ2n) is 6.45. The summed E-state index contributed by atoms with van der Waals surface area (Å²) in [5.74, 6) is 1.46. The number of aromatic nitrogens is 1. The molecule has 1 N–H and O–H groups in total. The van der Waals surface area contributed by atoms with E-state index in [0.717, 1.165) is 25.9 Å². The zero-order valence-corrected chi connectivity index (χ0v) is 15.9. The molecule has 0 aliphatic carbocycles. The first-order valence-corrected chi connectivity index (χ1v) is 10.3. The Morgan fingerprint density at radius 1 is 1.30 bits per heavy atom. The Morgan fingerprint density at radius 2 is 2.07 bits per heavy atom. The van der Waals surface area contributed by atoms with E-state index in [1.54, 1.807) is 36.5 Å². The van der Waals surface area contributed by atoms with Gasteiger partial charge >= 0.3 is 0 Å². The van der Waals surface area contributed by atoms with Gasteiger partial charge in [0.05, 0.1) is 17.6 Å². The van der Waals surface area contributed by atoms with Crippen LogP contribution in [0.1, 0.15) is 18.4 Å². The van der Waals surface area contributed by atoms with E-state index in [4.69, 9.17) is 4.74 Å². The average molecular weight is 386 g/mol. The SMILES string of the molecule is COc1cccc(S(=O)(=O)NCC2CCN(c3ncccc3C#N)CC2)c1. The smallest absolute Gasteiger partial charge is 0.240 e. The Morgan fingerprint density at radius 3 is 2.78 bits per heavy atom. The molecule has 7 nitrogen and oxygen atoms in total. The zero-order valence-electron chi connectivity index (χ0n) is 15.1. The topological polar surface area (TPSA) is 95.3 Å². The second kappa shape index (κ2) is 8.37. The van der Waals surface area contributed by atoms with Crippen LogP contribution in [-0.2, 0) is 10.0 Å². The van der Waals surface area contributed by atoms with Crippen LogP contribution in [0, 0.1) is 17.2 Å². The molecule has 1 aromatic carbocycles. The Kier molecular flexibility index (Phi) is 5.94. The van der Waals surface area contributed by atoms with Crippen LogP contribution in [0.15, 0.2) is 47.5 Å². The number of hydrogen-bond donors (Lipinski definition) is 1. The standard InChI is InChI=1S/C19H22N4O3S/c1-26-17-5-2-6-18(12-17)27(24,25)22-14-15-7-10-23(11-8-15)19-16(13-20)4-3-9-21-19/h2-6,9,12,15,22H,7-8,10-11,14H2,1H3. The van der Waals surface area contributed by atoms with Crippen LogP contribution in [0.25, 0.3) is 0 Å². The second-order valence-corrected chi connectivity index (χ2v) is 8.21. The molecule has 1 saturated heterocycles. The van der Waals surface area contributed by atoms with Crippen LogP contribution >= 0.6 is 0 Å². The normalized spacial score (nSPS) is 15.3. The van der Waals surface area contributed by atoms with Crippen LogP contribution in [0.3, 0.4) is 0 Å². The van der Waals surface area contributed by atoms with Gasteiger partial charge in [0.2, 0.25) is 10.0 Å². The molecule has 0 spiro atoms. The van der Waals surface area contributed by atoms with E-state index in [1.807, 2.05) is 0 Å². The van der Waals surface area contributed by atoms with Gasteiger partial charge in [-0.1, -0.05) is 6.07 Å². The van der Waals surface area contributed by atoms with Crippen molar-refractivity contribution in [1.29, 1.82) is 5.26 Å². The van der Waals surface area contributed by atoms with E-state index in [-0.39, 0.29) is 10.8 Å². The first-order valence-electron chi connectivity index (χ1n) is 8.77. The number of hydrogen-bond acceptors (Lipinski definition) is 6. The molecular weight excluding hydrogens is 364 g/mol. The van der Waals surface area contributed by atoms with Crippen molar-refractivity contribution in [1.82, 2.24) is 9.71 Å². The number of piperidine rings is 1. The predicted octanol–water partition coefficient (Wildman–Crippen LogP) is 2.16. The van der Waals surface area contributed by atoms with E-state index >= 15 is 0 Å². The molecule has 27 heavy (non-hydrogen) atoms. The van der Waals surface area contributed by atoms with E-state index in [2.05, 4.69) is 20.7 Å². The molecule has 0 saturated carbocycles. The molecule has 1 aliphatic rings. The molecule has 142 valence electrons. The molecule has 0 bridgehead atoms. The summed E-state index contributed by atoms with van der Waals surface area (Å²) in [6.07, 6.45) is 3.36. The monoisotopic (exact) mass is 386 g/mol. The number of pyridine rings is 1. The highest BCUT2D eigenvalue weighted by atomic mass is 32.2. The molecule has 2 heterocycles. The van der Waals surface area contributed by atoms with Crippen molar-refractivity contribution in [3.63, 3.8) is 0 Å². The van der Waals surface area contributed by atoms with Crippen molar-refractivity contribution in [2.45, 2.75) is 17.7 Å². The number of nitriles is 1. The molecule has 3 rings (SSSR count). The lowest BCUT2D eigenvalue weighted by Crippen LogP contribution is -2.39. The highest BCUT2D eigenvalue weighted by molar-refractivity contribution is 7.89. The van der Waals surface area contributed by atoms with Gasteiger partial charge in [-0.15, -0.1) is 0 Å². The molecule has 0 unspecified atom stereocenters. The first-order chi connectivity index (χ1) is 13.0. The van der Waals surface area contributed by atoms with Gasteiger partial charge in [-0.2, -0.15) is 5.26 Å². The average Bonchev–Trinajstić information content (AvgIpc) is 2.72. The van der Waals surface area contributed by atoms with Gasteiger partial charge in [0, 0.05) is 31.9 Å². The van der Waals surface area contributed by atoms with Crippen LogP contribution < -0.4 is 14.4 Å². The molecule has 1 fully saturated rings. The van der Waals surface area contributed by atoms with Crippen LogP contribution in [0.5, 0.6) is 5.75 Å². The minimum atomic E-state index is -3.57. The summed E-state index contributed by atoms with van der Waals surface area (Å²) in [7, 11) is -2.06. The quantitative estimate of drug-likeness (QED) is 0.817. The van der Waals surface area contributed by atoms with Gasteiger partial charge in [-0.25, -0.2) is 18.1 Å². The third kappa shape index (κ3) is 4.56. The van der Waals surface area contributed by atoms with E-state index in [9.17, 15) is 13.7 Å². The molecule has 2 aromatic rings. The Labute approximate surface area is 159 Å². The Balaban J connectivity index is 1.57. The maximum atomic E-state index is 12.5. The number of rotatable bonds is 6. The summed E-state index contributed by atoms with van der Waals surface area (Å²) in [4.78, 5) is 6.61. The van der Waals surface area contributed by atoms with Gasteiger partial charge in [0.15, 0.2) is 0 Å². The number of ether oxygens (including phenoxy) is 1. The maximum Gasteiger partial charge on any atom is 0.240 e. The summed E-state index contributed by atoms with van der Waals surface area (Å²) in [6, 6.07) is 12.1. The maximum absolute atomic E-state index is 12.5. The van der Waals surface area contributed by atoms with Crippen molar-refractivity contribution in [2.75, 3.05) is 31.6 Å². The van der Waals surface area contributed by atoms with Crippen molar-refractivity contribution < 1.29 is 13.2 Å². The summed E-state index contributed by atoms with van der Waals surface area (Å²) in [5.41, 5.74) is 0.565. The number of sulfonamides is 1. The zero-order chi connectivity index (χ0) is 19.3. The fraction of sp³-hybridized carbons (Fsp3) is 0.368. The van der Waals surface area contributed by atoms with Crippen molar-refractivity contribution in [3.8, 4) is 11.8 Å². The molecule has 0 radical (unpaired) electrons. The minimum Gasteiger partial charge on any atom is -0.497 e. The number of anilines is 1. The summed E-state index contributed by atoms with van der Waals surface area (Å²) >= 11 is 0. The Hall–Kier alpha value is -2.63. The predicted molar refractivity (Wildman–Crippen MR) is 102 cm³/mol. The van der Waals surface area contributed by atoms with Gasteiger partial charge in [0.25, 0.3) is 0 Å². The van der Waals surface area contributed by atoms with Crippen molar-refractivity contribution in [2.24, 2.45) is 5.92 Å². The number of nitrogens with zero attached hydrogens (tertiary/aromatic N) is 3. The van der Waals surface area contributed by atoms with Crippen molar-refractivity contribution >= 4 is 15.8 Å². The molecule has 1 aliphatic heterocycles. The van der Waals surface area contributed by atoms with Crippen molar-refractivity contribution in [3.05, 3.63) is 48.2 Å². The molecule has 8 heteroatoms. The van der Waals surface area contributed by atoms with Gasteiger partial charge in [0.1, 0.15) is 17.6 Å². The van der Waals surface area contributed by atoms with Gasteiger partial charge in [-0.3, -0.25) is 0 Å².